The standard InChI is InChI=1S/C18H24FNO/c1-2-3-4-14-5-7-15(8-6-14)13-21-18-10-9-16(12-20)11-17(18)19/h9-11,14-15H,2-8,13H2,1H3. The number of hydrogen-bond donors (Lipinski definition) is 0. The van der Waals surface area contributed by atoms with Crippen molar-refractivity contribution < 1.29 is 9.13 Å². The van der Waals surface area contributed by atoms with Crippen LogP contribution in [0.1, 0.15) is 57.4 Å². The summed E-state index contributed by atoms with van der Waals surface area (Å²) in [5, 5.41) is 8.72. The van der Waals surface area contributed by atoms with Crippen LogP contribution in [0.5, 0.6) is 5.75 Å². The van der Waals surface area contributed by atoms with E-state index < -0.39 is 5.82 Å². The van der Waals surface area contributed by atoms with Gasteiger partial charge in [0.1, 0.15) is 0 Å². The van der Waals surface area contributed by atoms with Gasteiger partial charge < -0.3 is 4.74 Å². The molecule has 0 bridgehead atoms. The summed E-state index contributed by atoms with van der Waals surface area (Å²) >= 11 is 0. The van der Waals surface area contributed by atoms with Crippen molar-refractivity contribution in [2.75, 3.05) is 6.61 Å². The van der Waals surface area contributed by atoms with Crippen LogP contribution in [0, 0.1) is 29.0 Å². The van der Waals surface area contributed by atoms with Gasteiger partial charge in [-0.15, -0.1) is 0 Å². The Morgan fingerprint density at radius 2 is 1.95 bits per heavy atom. The van der Waals surface area contributed by atoms with Crippen LogP contribution < -0.4 is 4.74 Å². The van der Waals surface area contributed by atoms with Crippen molar-refractivity contribution in [2.45, 2.75) is 51.9 Å². The third-order valence-electron chi connectivity index (χ3n) is 4.47. The lowest BCUT2D eigenvalue weighted by molar-refractivity contribution is 0.174. The first kappa shape index (κ1) is 15.8. The smallest absolute Gasteiger partial charge is 0.166 e. The maximum absolute atomic E-state index is 13.7. The molecule has 0 radical (unpaired) electrons. The van der Waals surface area contributed by atoms with Crippen LogP contribution in [0.3, 0.4) is 0 Å². The highest BCUT2D eigenvalue weighted by atomic mass is 19.1. The van der Waals surface area contributed by atoms with Gasteiger partial charge in [0.2, 0.25) is 0 Å². The van der Waals surface area contributed by atoms with E-state index in [-0.39, 0.29) is 5.75 Å². The molecule has 0 atom stereocenters. The fourth-order valence-corrected chi connectivity index (χ4v) is 3.07. The molecule has 21 heavy (non-hydrogen) atoms. The van der Waals surface area contributed by atoms with Crippen molar-refractivity contribution >= 4 is 0 Å². The molecule has 0 saturated heterocycles. The monoisotopic (exact) mass is 289 g/mol. The molecule has 0 aliphatic heterocycles. The van der Waals surface area contributed by atoms with Crippen LogP contribution >= 0.6 is 0 Å². The topological polar surface area (TPSA) is 33.0 Å². The molecule has 1 aliphatic rings. The highest BCUT2D eigenvalue weighted by molar-refractivity contribution is 5.35. The minimum atomic E-state index is -0.439. The predicted octanol–water partition coefficient (Wildman–Crippen LogP) is 5.07. The van der Waals surface area contributed by atoms with E-state index in [2.05, 4.69) is 6.92 Å². The average Bonchev–Trinajstić information content (AvgIpc) is 2.52. The minimum absolute atomic E-state index is 0.266. The molecule has 3 heteroatoms. The van der Waals surface area contributed by atoms with E-state index in [4.69, 9.17) is 10.00 Å². The molecule has 1 aromatic rings. The first-order valence-electron chi connectivity index (χ1n) is 8.05. The number of rotatable bonds is 6. The van der Waals surface area contributed by atoms with Gasteiger partial charge in [0, 0.05) is 0 Å². The van der Waals surface area contributed by atoms with Gasteiger partial charge in [0.15, 0.2) is 11.6 Å². The molecule has 0 aromatic heterocycles. The third-order valence-corrected chi connectivity index (χ3v) is 4.47. The molecular formula is C18H24FNO. The largest absolute Gasteiger partial charge is 0.490 e. The summed E-state index contributed by atoms with van der Waals surface area (Å²) < 4.78 is 19.3. The summed E-state index contributed by atoms with van der Waals surface area (Å²) in [7, 11) is 0. The average molecular weight is 289 g/mol. The van der Waals surface area contributed by atoms with Crippen LogP contribution in [0.2, 0.25) is 0 Å². The first-order valence-corrected chi connectivity index (χ1v) is 8.05. The number of benzene rings is 1. The number of ether oxygens (including phenoxy) is 1. The first-order chi connectivity index (χ1) is 10.2. The van der Waals surface area contributed by atoms with Crippen LogP contribution in [-0.2, 0) is 0 Å². The number of nitriles is 1. The number of nitrogens with zero attached hydrogens (tertiary/aromatic N) is 1. The fourth-order valence-electron chi connectivity index (χ4n) is 3.07. The maximum Gasteiger partial charge on any atom is 0.166 e. The molecule has 2 nitrogen and oxygen atoms in total. The van der Waals surface area contributed by atoms with Crippen LogP contribution in [-0.4, -0.2) is 6.61 Å². The van der Waals surface area contributed by atoms with Crippen LogP contribution in [0.25, 0.3) is 0 Å². The zero-order valence-electron chi connectivity index (χ0n) is 12.8. The SMILES string of the molecule is CCCCC1CCC(COc2ccc(C#N)cc2F)CC1. The number of unbranched alkanes of at least 4 members (excludes halogenated alkanes) is 1. The lowest BCUT2D eigenvalue weighted by atomic mass is 9.80. The number of halogens is 1. The van der Waals surface area contributed by atoms with Crippen molar-refractivity contribution in [3.05, 3.63) is 29.6 Å². The van der Waals surface area contributed by atoms with Crippen LogP contribution in [0.15, 0.2) is 18.2 Å². The van der Waals surface area contributed by atoms with Gasteiger partial charge in [0.05, 0.1) is 18.2 Å². The van der Waals surface area contributed by atoms with Crippen molar-refractivity contribution in [2.24, 2.45) is 11.8 Å². The summed E-state index contributed by atoms with van der Waals surface area (Å²) in [4.78, 5) is 0. The van der Waals surface area contributed by atoms with Gasteiger partial charge in [-0.25, -0.2) is 4.39 Å². The third kappa shape index (κ3) is 4.74. The van der Waals surface area contributed by atoms with E-state index in [9.17, 15) is 4.39 Å². The van der Waals surface area contributed by atoms with Gasteiger partial charge in [0.25, 0.3) is 0 Å². The molecule has 0 heterocycles. The molecule has 1 aliphatic carbocycles. The molecule has 0 amide bonds. The summed E-state index contributed by atoms with van der Waals surface area (Å²) in [5.74, 6) is 1.25. The van der Waals surface area contributed by atoms with Crippen LogP contribution in [0.4, 0.5) is 4.39 Å². The summed E-state index contributed by atoms with van der Waals surface area (Å²) in [6, 6.07) is 6.31. The van der Waals surface area contributed by atoms with Gasteiger partial charge in [-0.3, -0.25) is 0 Å². The van der Waals surface area contributed by atoms with Gasteiger partial charge in [-0.05, 0) is 42.9 Å². The Morgan fingerprint density at radius 3 is 2.57 bits per heavy atom. The van der Waals surface area contributed by atoms with Gasteiger partial charge in [-0.2, -0.15) is 5.26 Å². The number of hydrogen-bond acceptors (Lipinski definition) is 2. The Labute approximate surface area is 126 Å². The molecule has 2 rings (SSSR count). The Morgan fingerprint density at radius 1 is 1.24 bits per heavy atom. The van der Waals surface area contributed by atoms with Gasteiger partial charge >= 0.3 is 0 Å². The van der Waals surface area contributed by atoms with Crippen molar-refractivity contribution in [1.82, 2.24) is 0 Å². The molecule has 1 aromatic carbocycles. The fraction of sp³-hybridized carbons (Fsp3) is 0.611. The Bertz CT molecular complexity index is 486. The Balaban J connectivity index is 1.76. The van der Waals surface area contributed by atoms with E-state index in [1.54, 1.807) is 12.1 Å². The molecule has 114 valence electrons. The Kier molecular flexibility index (Phi) is 6.04. The van der Waals surface area contributed by atoms with E-state index in [1.807, 2.05) is 6.07 Å². The van der Waals surface area contributed by atoms with Gasteiger partial charge in [-0.1, -0.05) is 39.0 Å². The van der Waals surface area contributed by atoms with E-state index >= 15 is 0 Å². The lowest BCUT2D eigenvalue weighted by Crippen LogP contribution is -2.20. The van der Waals surface area contributed by atoms with E-state index in [0.29, 0.717) is 18.1 Å². The quantitative estimate of drug-likeness (QED) is 0.732. The summed E-state index contributed by atoms with van der Waals surface area (Å²) in [5.41, 5.74) is 0.330. The molecule has 1 saturated carbocycles. The summed E-state index contributed by atoms with van der Waals surface area (Å²) in [6.07, 6.45) is 8.91. The second-order valence-corrected chi connectivity index (χ2v) is 6.10. The van der Waals surface area contributed by atoms with E-state index in [0.717, 1.165) is 5.92 Å². The normalized spacial score (nSPS) is 21.8. The zero-order chi connectivity index (χ0) is 15.1. The Hall–Kier alpha value is -1.56. The molecule has 0 N–H and O–H groups in total. The van der Waals surface area contributed by atoms with Crippen molar-refractivity contribution in [3.63, 3.8) is 0 Å². The maximum atomic E-state index is 13.7. The zero-order valence-corrected chi connectivity index (χ0v) is 12.8. The summed E-state index contributed by atoms with van der Waals surface area (Å²) in [6.45, 7) is 2.83. The second kappa shape index (κ2) is 8.02. The molecule has 0 unspecified atom stereocenters. The minimum Gasteiger partial charge on any atom is -0.490 e. The van der Waals surface area contributed by atoms with E-state index in [1.165, 1.54) is 51.0 Å². The van der Waals surface area contributed by atoms with Crippen molar-refractivity contribution in [1.29, 1.82) is 5.26 Å². The highest BCUT2D eigenvalue weighted by Gasteiger charge is 2.21. The lowest BCUT2D eigenvalue weighted by Gasteiger charge is -2.28. The second-order valence-electron chi connectivity index (χ2n) is 6.10. The molecule has 1 fully saturated rings. The predicted molar refractivity (Wildman–Crippen MR) is 81.6 cm³/mol. The van der Waals surface area contributed by atoms with Crippen molar-refractivity contribution in [3.8, 4) is 11.8 Å². The highest BCUT2D eigenvalue weighted by Crippen LogP contribution is 2.32. The molecular weight excluding hydrogens is 265 g/mol. The molecule has 0 spiro atoms.